The van der Waals surface area contributed by atoms with E-state index in [9.17, 15) is 14.9 Å². The third kappa shape index (κ3) is 3.44. The number of methoxy groups -OCH3 is 2. The Morgan fingerprint density at radius 3 is 2.09 bits per heavy atom. The van der Waals surface area contributed by atoms with Crippen molar-refractivity contribution in [3.05, 3.63) is 98.6 Å². The van der Waals surface area contributed by atoms with Gasteiger partial charge in [0.05, 0.1) is 25.8 Å². The first-order valence-electron chi connectivity index (χ1n) is 11.0. The average molecular weight is 495 g/mol. The molecule has 0 bridgehead atoms. The number of likely N-dealkylation sites (N-methyl/N-ethyl adjacent to an activating group) is 1. The largest absolute Gasteiger partial charge is 0.497 e. The number of nitro groups is 1. The molecule has 8 nitrogen and oxygen atoms in total. The number of carbonyl (C=O) groups excluding carboxylic acids is 1. The minimum Gasteiger partial charge on any atom is -0.497 e. The molecule has 180 valence electrons. The lowest BCUT2D eigenvalue weighted by atomic mass is 9.75. The van der Waals surface area contributed by atoms with E-state index in [4.69, 9.17) is 25.8 Å². The Hall–Kier alpha value is -3.62. The van der Waals surface area contributed by atoms with E-state index in [0.717, 1.165) is 0 Å². The summed E-state index contributed by atoms with van der Waals surface area (Å²) in [5.41, 5.74) is 0.662. The van der Waals surface area contributed by atoms with E-state index in [-0.39, 0.29) is 10.8 Å². The smallest absolute Gasteiger partial charge is 0.264 e. The first-order valence-corrected chi connectivity index (χ1v) is 11.4. The Labute approximate surface area is 207 Å². The van der Waals surface area contributed by atoms with Gasteiger partial charge in [0.25, 0.3) is 11.9 Å². The molecule has 9 heteroatoms. The van der Waals surface area contributed by atoms with E-state index in [1.807, 2.05) is 0 Å². The van der Waals surface area contributed by atoms with Gasteiger partial charge in [0.15, 0.2) is 11.7 Å². The minimum absolute atomic E-state index is 0.353. The van der Waals surface area contributed by atoms with Gasteiger partial charge in [0.2, 0.25) is 0 Å². The van der Waals surface area contributed by atoms with Crippen LogP contribution in [-0.2, 0) is 15.1 Å². The van der Waals surface area contributed by atoms with Crippen LogP contribution in [0.5, 0.6) is 11.5 Å². The van der Waals surface area contributed by atoms with Crippen molar-refractivity contribution in [3.8, 4) is 11.5 Å². The maximum absolute atomic E-state index is 13.9. The van der Waals surface area contributed by atoms with Crippen LogP contribution in [0.3, 0.4) is 0 Å². The zero-order chi connectivity index (χ0) is 24.9. The topological polar surface area (TPSA) is 91.1 Å². The molecule has 0 aliphatic carbocycles. The first-order chi connectivity index (χ1) is 16.8. The summed E-state index contributed by atoms with van der Waals surface area (Å²) in [7, 11) is 4.73. The highest BCUT2D eigenvalue weighted by Gasteiger charge is 2.69. The van der Waals surface area contributed by atoms with Crippen LogP contribution in [0.15, 0.2) is 66.7 Å². The van der Waals surface area contributed by atoms with Gasteiger partial charge in [-0.15, -0.1) is 0 Å². The van der Waals surface area contributed by atoms with Gasteiger partial charge in [-0.25, -0.2) is 0 Å². The summed E-state index contributed by atoms with van der Waals surface area (Å²) in [6, 6.07) is 17.7. The second kappa shape index (κ2) is 8.55. The van der Waals surface area contributed by atoms with Crippen LogP contribution < -0.4 is 14.4 Å². The molecule has 4 atom stereocenters. The third-order valence-corrected chi connectivity index (χ3v) is 7.14. The molecule has 0 saturated carbocycles. The van der Waals surface area contributed by atoms with Crippen LogP contribution in [0, 0.1) is 10.1 Å². The summed E-state index contributed by atoms with van der Waals surface area (Å²) in [5, 5.41) is 13.1. The summed E-state index contributed by atoms with van der Waals surface area (Å²) < 4.78 is 17.1. The van der Waals surface area contributed by atoms with Gasteiger partial charge in [0, 0.05) is 22.6 Å². The molecule has 35 heavy (non-hydrogen) atoms. The highest BCUT2D eigenvalue weighted by atomic mass is 35.5. The standard InChI is InChI=1S/C26H23ClN2O6/c1-28-21-13-8-17(27)14-20(21)26(25(28)30)22(15-4-9-18(33-2)10-5-15)23(29(31)32)24(35-26)16-6-11-19(34-3)12-7-16/h4-14,22-24H,1-3H3/t22-,23-,24-,26+/m0/s1. The molecule has 1 fully saturated rings. The molecule has 2 heterocycles. The molecule has 1 spiro atoms. The SMILES string of the molecule is COc1ccc([C@@H]2O[C@@]3(C(=O)N(C)c4ccc(Cl)cc43)[C@@H](c3ccc(OC)cc3)[C@@H]2[N+](=O)[O-])cc1. The van der Waals surface area contributed by atoms with E-state index in [1.54, 1.807) is 88.0 Å². The fourth-order valence-corrected chi connectivity index (χ4v) is 5.45. The van der Waals surface area contributed by atoms with Gasteiger partial charge in [-0.3, -0.25) is 14.9 Å². The van der Waals surface area contributed by atoms with Crippen LogP contribution in [-0.4, -0.2) is 38.1 Å². The number of hydrogen-bond acceptors (Lipinski definition) is 6. The molecule has 2 aliphatic heterocycles. The Balaban J connectivity index is 1.76. The van der Waals surface area contributed by atoms with Crippen LogP contribution in [0.2, 0.25) is 5.02 Å². The van der Waals surface area contributed by atoms with Crippen molar-refractivity contribution >= 4 is 23.2 Å². The quantitative estimate of drug-likeness (QED) is 0.376. The maximum Gasteiger partial charge on any atom is 0.264 e. The lowest BCUT2D eigenvalue weighted by molar-refractivity contribution is -0.531. The number of ether oxygens (including phenoxy) is 3. The average Bonchev–Trinajstić information content (AvgIpc) is 3.34. The van der Waals surface area contributed by atoms with Gasteiger partial charge >= 0.3 is 0 Å². The van der Waals surface area contributed by atoms with E-state index in [1.165, 1.54) is 4.90 Å². The highest BCUT2D eigenvalue weighted by molar-refractivity contribution is 6.31. The van der Waals surface area contributed by atoms with Crippen LogP contribution in [0.1, 0.15) is 28.7 Å². The Kier molecular flexibility index (Phi) is 5.65. The number of nitrogens with zero attached hydrogens (tertiary/aromatic N) is 2. The van der Waals surface area contributed by atoms with Gasteiger partial charge in [0.1, 0.15) is 11.5 Å². The van der Waals surface area contributed by atoms with Crippen molar-refractivity contribution in [1.82, 2.24) is 0 Å². The molecule has 1 amide bonds. The van der Waals surface area contributed by atoms with Crippen molar-refractivity contribution in [1.29, 1.82) is 0 Å². The molecule has 1 saturated heterocycles. The number of hydrogen-bond donors (Lipinski definition) is 0. The molecule has 0 N–H and O–H groups in total. The number of anilines is 1. The Morgan fingerprint density at radius 2 is 1.54 bits per heavy atom. The Morgan fingerprint density at radius 1 is 0.971 bits per heavy atom. The number of fused-ring (bicyclic) bond motifs is 2. The first kappa shape index (κ1) is 23.1. The predicted molar refractivity (Wildman–Crippen MR) is 130 cm³/mol. The lowest BCUT2D eigenvalue weighted by Crippen LogP contribution is -2.44. The molecule has 0 unspecified atom stereocenters. The predicted octanol–water partition coefficient (Wildman–Crippen LogP) is 4.73. The van der Waals surface area contributed by atoms with E-state index in [2.05, 4.69) is 0 Å². The van der Waals surface area contributed by atoms with Crippen molar-refractivity contribution in [2.75, 3.05) is 26.2 Å². The third-order valence-electron chi connectivity index (χ3n) is 6.91. The minimum atomic E-state index is -1.63. The summed E-state index contributed by atoms with van der Waals surface area (Å²) in [6.45, 7) is 0. The fraction of sp³-hybridized carbons (Fsp3) is 0.269. The fourth-order valence-electron chi connectivity index (χ4n) is 5.28. The molecule has 3 aromatic rings. The van der Waals surface area contributed by atoms with Gasteiger partial charge in [-0.1, -0.05) is 35.9 Å². The number of benzene rings is 3. The number of rotatable bonds is 5. The summed E-state index contributed by atoms with van der Waals surface area (Å²) in [6.07, 6.45) is -0.995. The van der Waals surface area contributed by atoms with Crippen LogP contribution in [0.4, 0.5) is 5.69 Å². The van der Waals surface area contributed by atoms with Gasteiger partial charge in [-0.05, 0) is 53.6 Å². The molecule has 2 aliphatic rings. The Bertz CT molecular complexity index is 1300. The zero-order valence-corrected chi connectivity index (χ0v) is 20.1. The summed E-state index contributed by atoms with van der Waals surface area (Å²) in [5.74, 6) is -0.0902. The molecular formula is C26H23ClN2O6. The van der Waals surface area contributed by atoms with Crippen molar-refractivity contribution in [3.63, 3.8) is 0 Å². The normalized spacial score (nSPS) is 25.1. The molecule has 5 rings (SSSR count). The van der Waals surface area contributed by atoms with Crippen molar-refractivity contribution in [2.45, 2.75) is 23.7 Å². The lowest BCUT2D eigenvalue weighted by Gasteiger charge is -2.29. The monoisotopic (exact) mass is 494 g/mol. The number of carbonyl (C=O) groups is 1. The van der Waals surface area contributed by atoms with Crippen molar-refractivity contribution in [2.24, 2.45) is 0 Å². The summed E-state index contributed by atoms with van der Waals surface area (Å²) >= 11 is 6.35. The van der Waals surface area contributed by atoms with Crippen LogP contribution in [0.25, 0.3) is 0 Å². The molecule has 0 radical (unpaired) electrons. The van der Waals surface area contributed by atoms with Crippen LogP contribution >= 0.6 is 11.6 Å². The van der Waals surface area contributed by atoms with E-state index in [0.29, 0.717) is 38.9 Å². The molecule has 0 aromatic heterocycles. The molecule has 3 aromatic carbocycles. The van der Waals surface area contributed by atoms with Gasteiger partial charge < -0.3 is 19.1 Å². The second-order valence-corrected chi connectivity index (χ2v) is 9.04. The van der Waals surface area contributed by atoms with E-state index < -0.39 is 23.7 Å². The van der Waals surface area contributed by atoms with Crippen molar-refractivity contribution < 1.29 is 23.9 Å². The highest BCUT2D eigenvalue weighted by Crippen LogP contribution is 2.61. The summed E-state index contributed by atoms with van der Waals surface area (Å²) in [4.78, 5) is 27.7. The number of amides is 1. The zero-order valence-electron chi connectivity index (χ0n) is 19.3. The molecular weight excluding hydrogens is 472 g/mol. The number of halogens is 1. The maximum atomic E-state index is 13.9. The second-order valence-electron chi connectivity index (χ2n) is 8.60. The van der Waals surface area contributed by atoms with E-state index >= 15 is 0 Å². The van der Waals surface area contributed by atoms with Gasteiger partial charge in [-0.2, -0.15) is 0 Å².